The van der Waals surface area contributed by atoms with Crippen LogP contribution in [-0.4, -0.2) is 50.6 Å². The van der Waals surface area contributed by atoms with Gasteiger partial charge in [0.1, 0.15) is 0 Å². The Morgan fingerprint density at radius 2 is 1.17 bits per heavy atom. The summed E-state index contributed by atoms with van der Waals surface area (Å²) in [6.45, 7) is 1.21. The van der Waals surface area contributed by atoms with Gasteiger partial charge in [0.05, 0.1) is 13.2 Å². The zero-order chi connectivity index (χ0) is 16.5. The largest absolute Gasteiger partial charge is 0.328 e. The average Bonchev–Trinajstić information content (AvgIpc) is 3.12. The molecule has 2 saturated carbocycles. The Kier molecular flexibility index (Phi) is 3.42. The van der Waals surface area contributed by atoms with E-state index in [9.17, 15) is 0 Å². The van der Waals surface area contributed by atoms with Gasteiger partial charge < -0.3 is 28.4 Å². The fourth-order valence-electron chi connectivity index (χ4n) is 5.99. The Balaban J connectivity index is 1.64. The van der Waals surface area contributed by atoms with Crippen LogP contribution in [0, 0.1) is 11.8 Å². The molecule has 6 heteroatoms. The standard InChI is InChI=1S/C18H28O6/c1-19-17-15(9-5-3-7-13(15)11-21-17)24-18(20-2)16(23-17)10-6-4-8-14(16)12-22-18/h13-14H,3-12H2,1-2H3/t13?,14?,15?,16?,17-,18-/m1/s1. The van der Waals surface area contributed by atoms with E-state index in [1.807, 2.05) is 0 Å². The lowest BCUT2D eigenvalue weighted by Gasteiger charge is -2.61. The number of ether oxygens (including phenoxy) is 6. The van der Waals surface area contributed by atoms with Crippen LogP contribution in [0.5, 0.6) is 0 Å². The van der Waals surface area contributed by atoms with Gasteiger partial charge in [-0.1, -0.05) is 25.7 Å². The molecule has 5 aliphatic rings. The first-order valence-electron chi connectivity index (χ1n) is 9.44. The molecule has 4 unspecified atom stereocenters. The van der Waals surface area contributed by atoms with E-state index < -0.39 is 23.1 Å². The lowest BCUT2D eigenvalue weighted by molar-refractivity contribution is -0.571. The normalized spacial score (nSPS) is 56.2. The first-order valence-corrected chi connectivity index (χ1v) is 9.44. The van der Waals surface area contributed by atoms with Crippen molar-refractivity contribution in [3.05, 3.63) is 0 Å². The van der Waals surface area contributed by atoms with Crippen LogP contribution in [0.15, 0.2) is 0 Å². The van der Waals surface area contributed by atoms with E-state index in [0.29, 0.717) is 13.2 Å². The highest BCUT2D eigenvalue weighted by molar-refractivity contribution is 5.15. The van der Waals surface area contributed by atoms with Crippen LogP contribution in [0.3, 0.4) is 0 Å². The van der Waals surface area contributed by atoms with E-state index in [4.69, 9.17) is 28.4 Å². The van der Waals surface area contributed by atoms with Crippen LogP contribution in [0.4, 0.5) is 0 Å². The van der Waals surface area contributed by atoms with Gasteiger partial charge in [0.2, 0.25) is 0 Å². The first kappa shape index (κ1) is 16.0. The zero-order valence-electron chi connectivity index (χ0n) is 14.7. The van der Waals surface area contributed by atoms with Crippen LogP contribution in [0.1, 0.15) is 51.4 Å². The Labute approximate surface area is 143 Å². The quantitative estimate of drug-likeness (QED) is 0.770. The van der Waals surface area contributed by atoms with Gasteiger partial charge in [-0.3, -0.25) is 0 Å². The Morgan fingerprint density at radius 3 is 1.58 bits per heavy atom. The number of hydrogen-bond acceptors (Lipinski definition) is 6. The van der Waals surface area contributed by atoms with E-state index in [2.05, 4.69) is 0 Å². The maximum Gasteiger partial charge on any atom is 0.315 e. The lowest BCUT2D eigenvalue weighted by atomic mass is 9.70. The monoisotopic (exact) mass is 340 g/mol. The third-order valence-corrected chi connectivity index (χ3v) is 7.18. The molecule has 0 aromatic rings. The molecular weight excluding hydrogens is 312 g/mol. The molecule has 5 rings (SSSR count). The SMILES string of the molecule is CO[C@@]12OCC3CCCCC31O[C@]1(OC)OCC3CCCCC31O2. The van der Waals surface area contributed by atoms with Gasteiger partial charge in [-0.2, -0.15) is 0 Å². The molecule has 6 atom stereocenters. The summed E-state index contributed by atoms with van der Waals surface area (Å²) in [6.07, 6.45) is 8.34. The number of hydrogen-bond donors (Lipinski definition) is 0. The summed E-state index contributed by atoms with van der Waals surface area (Å²) in [4.78, 5) is 0. The molecule has 2 aliphatic carbocycles. The summed E-state index contributed by atoms with van der Waals surface area (Å²) in [5.74, 6) is -1.77. The molecule has 3 heterocycles. The van der Waals surface area contributed by atoms with Crippen LogP contribution in [-0.2, 0) is 28.4 Å². The highest BCUT2D eigenvalue weighted by atomic mass is 17.0. The van der Waals surface area contributed by atoms with E-state index in [1.165, 1.54) is 12.8 Å². The molecule has 0 aromatic heterocycles. The Bertz CT molecular complexity index is 482. The lowest BCUT2D eigenvalue weighted by Crippen LogP contribution is -2.77. The van der Waals surface area contributed by atoms with Crippen molar-refractivity contribution >= 4 is 0 Å². The summed E-state index contributed by atoms with van der Waals surface area (Å²) >= 11 is 0. The predicted molar refractivity (Wildman–Crippen MR) is 82.9 cm³/mol. The fraction of sp³-hybridized carbons (Fsp3) is 1.00. The second kappa shape index (κ2) is 5.15. The summed E-state index contributed by atoms with van der Waals surface area (Å²) in [5.41, 5.74) is -1.29. The third-order valence-electron chi connectivity index (χ3n) is 7.18. The van der Waals surface area contributed by atoms with Crippen molar-refractivity contribution in [2.75, 3.05) is 27.4 Å². The molecule has 0 N–H and O–H groups in total. The molecule has 3 saturated heterocycles. The molecule has 0 radical (unpaired) electrons. The van der Waals surface area contributed by atoms with Gasteiger partial charge >= 0.3 is 11.9 Å². The topological polar surface area (TPSA) is 55.4 Å². The van der Waals surface area contributed by atoms with Gasteiger partial charge in [0, 0.05) is 26.1 Å². The zero-order valence-corrected chi connectivity index (χ0v) is 14.7. The maximum atomic E-state index is 6.80. The van der Waals surface area contributed by atoms with Crippen molar-refractivity contribution in [1.29, 1.82) is 0 Å². The van der Waals surface area contributed by atoms with Crippen LogP contribution >= 0.6 is 0 Å². The van der Waals surface area contributed by atoms with E-state index in [0.717, 1.165) is 38.5 Å². The predicted octanol–water partition coefficient (Wildman–Crippen LogP) is 2.55. The summed E-state index contributed by atoms with van der Waals surface area (Å²) < 4.78 is 37.8. The molecular formula is C18H28O6. The highest BCUT2D eigenvalue weighted by Gasteiger charge is 2.81. The minimum atomic E-state index is -1.14. The average molecular weight is 340 g/mol. The molecule has 6 nitrogen and oxygen atoms in total. The second-order valence-corrected chi connectivity index (χ2v) is 8.01. The molecule has 2 spiro atoms. The second-order valence-electron chi connectivity index (χ2n) is 8.01. The summed E-state index contributed by atoms with van der Waals surface area (Å²) in [5, 5.41) is 0. The summed E-state index contributed by atoms with van der Waals surface area (Å²) in [6, 6.07) is 0. The Morgan fingerprint density at radius 1 is 0.708 bits per heavy atom. The molecule has 3 aliphatic heterocycles. The number of methoxy groups -OCH3 is 2. The van der Waals surface area contributed by atoms with E-state index in [1.54, 1.807) is 14.2 Å². The fourth-order valence-corrected chi connectivity index (χ4v) is 5.99. The van der Waals surface area contributed by atoms with Crippen molar-refractivity contribution in [1.82, 2.24) is 0 Å². The third kappa shape index (κ3) is 1.63. The van der Waals surface area contributed by atoms with Gasteiger partial charge in [0.15, 0.2) is 11.2 Å². The van der Waals surface area contributed by atoms with E-state index >= 15 is 0 Å². The van der Waals surface area contributed by atoms with Gasteiger partial charge in [-0.15, -0.1) is 0 Å². The first-order chi connectivity index (χ1) is 11.7. The van der Waals surface area contributed by atoms with Crippen molar-refractivity contribution in [3.8, 4) is 0 Å². The molecule has 0 amide bonds. The number of rotatable bonds is 2. The van der Waals surface area contributed by atoms with Gasteiger partial charge in [-0.25, -0.2) is 0 Å². The van der Waals surface area contributed by atoms with Gasteiger partial charge in [0.25, 0.3) is 0 Å². The molecule has 5 fully saturated rings. The molecule has 0 aromatic carbocycles. The van der Waals surface area contributed by atoms with Gasteiger partial charge in [-0.05, 0) is 25.7 Å². The minimum absolute atomic E-state index is 0.252. The van der Waals surface area contributed by atoms with Crippen LogP contribution in [0.2, 0.25) is 0 Å². The van der Waals surface area contributed by atoms with Crippen LogP contribution < -0.4 is 0 Å². The van der Waals surface area contributed by atoms with Crippen molar-refractivity contribution < 1.29 is 28.4 Å². The van der Waals surface area contributed by atoms with Crippen molar-refractivity contribution in [2.24, 2.45) is 11.8 Å². The van der Waals surface area contributed by atoms with Crippen LogP contribution in [0.25, 0.3) is 0 Å². The Hall–Kier alpha value is -0.240. The summed E-state index contributed by atoms with van der Waals surface area (Å²) in [7, 11) is 3.35. The molecule has 0 bridgehead atoms. The molecule has 24 heavy (non-hydrogen) atoms. The van der Waals surface area contributed by atoms with Crippen molar-refractivity contribution in [3.63, 3.8) is 0 Å². The maximum absolute atomic E-state index is 6.80. The smallest absolute Gasteiger partial charge is 0.315 e. The van der Waals surface area contributed by atoms with Crippen molar-refractivity contribution in [2.45, 2.75) is 74.5 Å². The molecule has 136 valence electrons. The highest BCUT2D eigenvalue weighted by Crippen LogP contribution is 2.65. The van der Waals surface area contributed by atoms with E-state index in [-0.39, 0.29) is 11.8 Å². The minimum Gasteiger partial charge on any atom is -0.328 e.